The van der Waals surface area contributed by atoms with Crippen molar-refractivity contribution in [2.45, 2.75) is 12.5 Å². The lowest BCUT2D eigenvalue weighted by molar-refractivity contribution is -0.124. The van der Waals surface area contributed by atoms with E-state index in [9.17, 15) is 9.59 Å². The number of hydrogen-bond donors (Lipinski definition) is 2. The Kier molecular flexibility index (Phi) is 2.51. The van der Waals surface area contributed by atoms with Gasteiger partial charge in [0.1, 0.15) is 6.04 Å². The molecular formula is C7H6BrN3O2S. The molecule has 1 aromatic rings. The van der Waals surface area contributed by atoms with E-state index in [0.29, 0.717) is 5.13 Å². The van der Waals surface area contributed by atoms with Gasteiger partial charge in [-0.25, -0.2) is 4.98 Å². The Balaban J connectivity index is 2.05. The molecule has 0 aliphatic carbocycles. The van der Waals surface area contributed by atoms with Crippen molar-refractivity contribution in [2.75, 3.05) is 5.32 Å². The van der Waals surface area contributed by atoms with Gasteiger partial charge in [0.15, 0.2) is 5.13 Å². The van der Waals surface area contributed by atoms with Crippen LogP contribution in [0.1, 0.15) is 6.42 Å². The van der Waals surface area contributed by atoms with Gasteiger partial charge < -0.3 is 5.32 Å². The summed E-state index contributed by atoms with van der Waals surface area (Å²) in [6.07, 6.45) is 1.82. The van der Waals surface area contributed by atoms with E-state index >= 15 is 0 Å². The lowest BCUT2D eigenvalue weighted by Gasteiger charge is -2.05. The number of nitrogens with zero attached hydrogens (tertiary/aromatic N) is 1. The maximum atomic E-state index is 11.2. The highest BCUT2D eigenvalue weighted by atomic mass is 79.9. The van der Waals surface area contributed by atoms with Crippen LogP contribution in [0, 0.1) is 0 Å². The first-order valence-electron chi connectivity index (χ1n) is 3.87. The van der Waals surface area contributed by atoms with E-state index in [2.05, 4.69) is 31.5 Å². The minimum atomic E-state index is -0.486. The number of rotatable bonds is 2. The van der Waals surface area contributed by atoms with Gasteiger partial charge in [-0.1, -0.05) is 11.3 Å². The van der Waals surface area contributed by atoms with Crippen molar-refractivity contribution in [3.63, 3.8) is 0 Å². The maximum absolute atomic E-state index is 11.2. The van der Waals surface area contributed by atoms with Crippen LogP contribution in [0.5, 0.6) is 0 Å². The Morgan fingerprint density at radius 1 is 1.64 bits per heavy atom. The summed E-state index contributed by atoms with van der Waals surface area (Å²) in [5.74, 6) is -0.538. The van der Waals surface area contributed by atoms with Crippen molar-refractivity contribution in [1.82, 2.24) is 10.3 Å². The SMILES string of the molecule is O=C1CC(Nc2ncc(Br)s2)C(=O)N1. The third-order valence-corrected chi connectivity index (χ3v) is 3.15. The zero-order valence-corrected chi connectivity index (χ0v) is 9.31. The highest BCUT2D eigenvalue weighted by Crippen LogP contribution is 2.24. The molecule has 0 bridgehead atoms. The summed E-state index contributed by atoms with van der Waals surface area (Å²) in [5, 5.41) is 5.74. The molecule has 0 spiro atoms. The van der Waals surface area contributed by atoms with E-state index in [1.807, 2.05) is 0 Å². The number of carbonyl (C=O) groups is 2. The van der Waals surface area contributed by atoms with Crippen LogP contribution >= 0.6 is 27.3 Å². The van der Waals surface area contributed by atoms with Gasteiger partial charge in [0.25, 0.3) is 0 Å². The summed E-state index contributed by atoms with van der Waals surface area (Å²) in [6, 6.07) is -0.486. The molecule has 1 unspecified atom stereocenters. The molecule has 1 aliphatic rings. The van der Waals surface area contributed by atoms with Gasteiger partial charge in [-0.15, -0.1) is 0 Å². The summed E-state index contributed by atoms with van der Waals surface area (Å²) in [4.78, 5) is 26.0. The molecule has 0 aromatic carbocycles. The summed E-state index contributed by atoms with van der Waals surface area (Å²) in [7, 11) is 0. The molecule has 1 aliphatic heterocycles. The van der Waals surface area contributed by atoms with E-state index in [-0.39, 0.29) is 18.2 Å². The predicted octanol–water partition coefficient (Wildman–Crippen LogP) is 0.733. The van der Waals surface area contributed by atoms with Crippen LogP contribution in [0.15, 0.2) is 9.98 Å². The number of imide groups is 1. The van der Waals surface area contributed by atoms with Crippen molar-refractivity contribution in [3.8, 4) is 0 Å². The van der Waals surface area contributed by atoms with Crippen molar-refractivity contribution in [3.05, 3.63) is 9.98 Å². The van der Waals surface area contributed by atoms with Gasteiger partial charge in [0.2, 0.25) is 11.8 Å². The largest absolute Gasteiger partial charge is 0.349 e. The summed E-state index contributed by atoms with van der Waals surface area (Å²) >= 11 is 4.64. The second-order valence-electron chi connectivity index (χ2n) is 2.78. The summed E-state index contributed by atoms with van der Waals surface area (Å²) in [6.45, 7) is 0. The molecule has 2 heterocycles. The molecule has 1 atom stereocenters. The fourth-order valence-electron chi connectivity index (χ4n) is 1.14. The number of thiazole rings is 1. The number of hydrogen-bond acceptors (Lipinski definition) is 5. The second kappa shape index (κ2) is 3.66. The minimum Gasteiger partial charge on any atom is -0.349 e. The molecule has 1 aromatic heterocycles. The molecule has 2 N–H and O–H groups in total. The molecule has 14 heavy (non-hydrogen) atoms. The van der Waals surface area contributed by atoms with Crippen molar-refractivity contribution >= 4 is 44.2 Å². The minimum absolute atomic E-state index is 0.177. The summed E-state index contributed by atoms with van der Waals surface area (Å²) in [5.41, 5.74) is 0. The number of aromatic nitrogens is 1. The van der Waals surface area contributed by atoms with E-state index in [4.69, 9.17) is 0 Å². The smallest absolute Gasteiger partial charge is 0.249 e. The average molecular weight is 276 g/mol. The zero-order valence-electron chi connectivity index (χ0n) is 6.91. The predicted molar refractivity (Wildman–Crippen MR) is 55.0 cm³/mol. The Hall–Kier alpha value is -0.950. The van der Waals surface area contributed by atoms with Crippen molar-refractivity contribution in [1.29, 1.82) is 0 Å². The Bertz CT molecular complexity index is 392. The first-order valence-corrected chi connectivity index (χ1v) is 5.47. The molecule has 1 saturated heterocycles. The normalized spacial score (nSPS) is 21.1. The first-order chi connectivity index (χ1) is 6.65. The monoisotopic (exact) mass is 275 g/mol. The molecule has 0 radical (unpaired) electrons. The number of anilines is 1. The fraction of sp³-hybridized carbons (Fsp3) is 0.286. The van der Waals surface area contributed by atoms with Gasteiger partial charge in [-0.2, -0.15) is 0 Å². The fourth-order valence-corrected chi connectivity index (χ4v) is 2.30. The van der Waals surface area contributed by atoms with Crippen LogP contribution in [-0.4, -0.2) is 22.8 Å². The quantitative estimate of drug-likeness (QED) is 0.781. The second-order valence-corrected chi connectivity index (χ2v) is 5.19. The van der Waals surface area contributed by atoms with Gasteiger partial charge in [-0.3, -0.25) is 14.9 Å². The molecule has 0 saturated carbocycles. The number of amides is 2. The van der Waals surface area contributed by atoms with Crippen molar-refractivity contribution in [2.24, 2.45) is 0 Å². The third kappa shape index (κ3) is 1.93. The number of carbonyl (C=O) groups excluding carboxylic acids is 2. The van der Waals surface area contributed by atoms with E-state index in [1.165, 1.54) is 11.3 Å². The first kappa shape index (κ1) is 9.60. The van der Waals surface area contributed by atoms with E-state index in [0.717, 1.165) is 3.79 Å². The van der Waals surface area contributed by atoms with Gasteiger partial charge in [0.05, 0.1) is 16.4 Å². The molecule has 1 fully saturated rings. The molecular weight excluding hydrogens is 270 g/mol. The summed E-state index contributed by atoms with van der Waals surface area (Å²) < 4.78 is 0.879. The van der Waals surface area contributed by atoms with Gasteiger partial charge >= 0.3 is 0 Å². The number of nitrogens with one attached hydrogen (secondary N) is 2. The average Bonchev–Trinajstić information content (AvgIpc) is 2.61. The standard InChI is InChI=1S/C7H6BrN3O2S/c8-4-2-9-7(14-4)10-3-1-5(12)11-6(3)13/h2-3H,1H2,(H,9,10)(H,11,12,13). The Morgan fingerprint density at radius 2 is 2.43 bits per heavy atom. The van der Waals surface area contributed by atoms with Crippen LogP contribution in [0.25, 0.3) is 0 Å². The molecule has 2 amide bonds. The van der Waals surface area contributed by atoms with Gasteiger partial charge in [0, 0.05) is 0 Å². The highest BCUT2D eigenvalue weighted by Gasteiger charge is 2.30. The maximum Gasteiger partial charge on any atom is 0.249 e. The van der Waals surface area contributed by atoms with Crippen LogP contribution < -0.4 is 10.6 Å². The zero-order chi connectivity index (χ0) is 10.1. The highest BCUT2D eigenvalue weighted by molar-refractivity contribution is 9.11. The van der Waals surface area contributed by atoms with Crippen LogP contribution in [0.2, 0.25) is 0 Å². The third-order valence-electron chi connectivity index (χ3n) is 1.74. The number of halogens is 1. The lowest BCUT2D eigenvalue weighted by atomic mass is 10.2. The Morgan fingerprint density at radius 3 is 2.93 bits per heavy atom. The molecule has 7 heteroatoms. The topological polar surface area (TPSA) is 71.1 Å². The van der Waals surface area contributed by atoms with Crippen LogP contribution in [0.4, 0.5) is 5.13 Å². The molecule has 5 nitrogen and oxygen atoms in total. The van der Waals surface area contributed by atoms with Crippen LogP contribution in [-0.2, 0) is 9.59 Å². The Labute approximate surface area is 92.0 Å². The van der Waals surface area contributed by atoms with Crippen molar-refractivity contribution < 1.29 is 9.59 Å². The van der Waals surface area contributed by atoms with Gasteiger partial charge in [-0.05, 0) is 15.9 Å². The molecule has 74 valence electrons. The van der Waals surface area contributed by atoms with E-state index < -0.39 is 6.04 Å². The molecule has 2 rings (SSSR count). The van der Waals surface area contributed by atoms with E-state index in [1.54, 1.807) is 6.20 Å². The lowest BCUT2D eigenvalue weighted by Crippen LogP contribution is -2.29. The van der Waals surface area contributed by atoms with Crippen LogP contribution in [0.3, 0.4) is 0 Å².